The van der Waals surface area contributed by atoms with E-state index in [9.17, 15) is 14.4 Å². The Morgan fingerprint density at radius 2 is 1.67 bits per heavy atom. The Balaban J connectivity index is 2.05. The summed E-state index contributed by atoms with van der Waals surface area (Å²) in [4.78, 5) is 38.1. The Morgan fingerprint density at radius 1 is 1.00 bits per heavy atom. The Bertz CT molecular complexity index is 853. The number of benzene rings is 2. The molecule has 0 unspecified atom stereocenters. The van der Waals surface area contributed by atoms with E-state index in [1.807, 2.05) is 0 Å². The third kappa shape index (κ3) is 7.08. The lowest BCUT2D eigenvalue weighted by atomic mass is 10.1. The summed E-state index contributed by atoms with van der Waals surface area (Å²) in [6.45, 7) is 2.38. The van der Waals surface area contributed by atoms with Gasteiger partial charge in [-0.05, 0) is 55.5 Å². The van der Waals surface area contributed by atoms with Crippen molar-refractivity contribution in [1.29, 1.82) is 0 Å². The predicted octanol–water partition coefficient (Wildman–Crippen LogP) is 3.45. The van der Waals surface area contributed by atoms with Gasteiger partial charge in [0.15, 0.2) is 0 Å². The molecule has 0 saturated heterocycles. The summed E-state index contributed by atoms with van der Waals surface area (Å²) in [7, 11) is 1.56. The van der Waals surface area contributed by atoms with Gasteiger partial charge in [0, 0.05) is 35.8 Å². The molecule has 7 nitrogen and oxygen atoms in total. The van der Waals surface area contributed by atoms with Crippen molar-refractivity contribution in [2.45, 2.75) is 19.8 Å². The second-order valence-corrected chi connectivity index (χ2v) is 6.75. The molecule has 0 bridgehead atoms. The lowest BCUT2D eigenvalue weighted by molar-refractivity contribution is -0.143. The third-order valence-corrected chi connectivity index (χ3v) is 4.49. The van der Waals surface area contributed by atoms with E-state index < -0.39 is 0 Å². The fourth-order valence-electron chi connectivity index (χ4n) is 2.70. The van der Waals surface area contributed by atoms with Gasteiger partial charge in [-0.2, -0.15) is 0 Å². The van der Waals surface area contributed by atoms with Gasteiger partial charge in [0.25, 0.3) is 5.91 Å². The van der Waals surface area contributed by atoms with E-state index >= 15 is 0 Å². The number of esters is 1. The maximum atomic E-state index is 13.1. The van der Waals surface area contributed by atoms with Crippen molar-refractivity contribution in [3.05, 3.63) is 59.1 Å². The van der Waals surface area contributed by atoms with Gasteiger partial charge in [0.2, 0.25) is 5.91 Å². The molecule has 30 heavy (non-hydrogen) atoms. The monoisotopic (exact) mass is 432 g/mol. The van der Waals surface area contributed by atoms with Crippen molar-refractivity contribution in [3.63, 3.8) is 0 Å². The number of carbonyl (C=O) groups is 3. The molecule has 1 N–H and O–H groups in total. The lowest BCUT2D eigenvalue weighted by Gasteiger charge is -2.23. The molecule has 2 aromatic carbocycles. The van der Waals surface area contributed by atoms with E-state index in [1.165, 1.54) is 4.90 Å². The van der Waals surface area contributed by atoms with Crippen LogP contribution in [0.1, 0.15) is 30.1 Å². The molecule has 0 heterocycles. The van der Waals surface area contributed by atoms with Gasteiger partial charge >= 0.3 is 5.97 Å². The zero-order valence-electron chi connectivity index (χ0n) is 17.0. The van der Waals surface area contributed by atoms with Crippen LogP contribution in [0.3, 0.4) is 0 Å². The van der Waals surface area contributed by atoms with Gasteiger partial charge in [-0.1, -0.05) is 11.6 Å². The highest BCUT2D eigenvalue weighted by molar-refractivity contribution is 6.30. The quantitative estimate of drug-likeness (QED) is 0.581. The topological polar surface area (TPSA) is 84.9 Å². The summed E-state index contributed by atoms with van der Waals surface area (Å²) in [5.74, 6) is -0.220. The zero-order chi connectivity index (χ0) is 21.9. The first kappa shape index (κ1) is 23.2. The molecule has 8 heteroatoms. The molecular formula is C22H25ClN2O5. The fourth-order valence-corrected chi connectivity index (χ4v) is 2.82. The van der Waals surface area contributed by atoms with Gasteiger partial charge in [0.1, 0.15) is 5.75 Å². The van der Waals surface area contributed by atoms with E-state index in [4.69, 9.17) is 21.1 Å². The minimum Gasteiger partial charge on any atom is -0.497 e. The van der Waals surface area contributed by atoms with Crippen molar-refractivity contribution in [1.82, 2.24) is 5.32 Å². The maximum Gasteiger partial charge on any atom is 0.307 e. The van der Waals surface area contributed by atoms with Gasteiger partial charge in [-0.15, -0.1) is 0 Å². The Morgan fingerprint density at radius 3 is 2.27 bits per heavy atom. The van der Waals surface area contributed by atoms with Crippen LogP contribution in [0, 0.1) is 0 Å². The van der Waals surface area contributed by atoms with E-state index in [0.29, 0.717) is 28.6 Å². The standard InChI is InChI=1S/C22H25ClN2O5/c1-3-30-21(27)12-14-24-20(26)13-15-25(18-8-10-19(29-2)11-9-18)22(28)16-4-6-17(23)7-5-16/h4-11H,3,12-15H2,1-2H3,(H,24,26). The zero-order valence-corrected chi connectivity index (χ0v) is 17.8. The number of nitrogens with one attached hydrogen (secondary N) is 1. The van der Waals surface area contributed by atoms with Crippen LogP contribution in [0.15, 0.2) is 48.5 Å². The molecule has 0 atom stereocenters. The van der Waals surface area contributed by atoms with Crippen molar-refractivity contribution in [2.75, 3.05) is 31.7 Å². The van der Waals surface area contributed by atoms with E-state index in [0.717, 1.165) is 0 Å². The number of hydrogen-bond donors (Lipinski definition) is 1. The van der Waals surface area contributed by atoms with Gasteiger partial charge in [0.05, 0.1) is 20.1 Å². The molecular weight excluding hydrogens is 408 g/mol. The summed E-state index contributed by atoms with van der Waals surface area (Å²) in [6.07, 6.45) is 0.180. The molecule has 2 aromatic rings. The largest absolute Gasteiger partial charge is 0.497 e. The summed E-state index contributed by atoms with van der Waals surface area (Å²) in [5, 5.41) is 3.20. The Hall–Kier alpha value is -3.06. The minimum absolute atomic E-state index is 0.0776. The summed E-state index contributed by atoms with van der Waals surface area (Å²) in [6, 6.07) is 13.6. The SMILES string of the molecule is CCOC(=O)CCNC(=O)CCN(C(=O)c1ccc(Cl)cc1)c1ccc(OC)cc1. The van der Waals surface area contributed by atoms with Crippen LogP contribution in [0.5, 0.6) is 5.75 Å². The average molecular weight is 433 g/mol. The number of nitrogens with zero attached hydrogens (tertiary/aromatic N) is 1. The van der Waals surface area contributed by atoms with Crippen LogP contribution in [0.25, 0.3) is 0 Å². The molecule has 0 aliphatic carbocycles. The van der Waals surface area contributed by atoms with Crippen LogP contribution < -0.4 is 15.0 Å². The predicted molar refractivity (Wildman–Crippen MR) is 115 cm³/mol. The number of hydrogen-bond acceptors (Lipinski definition) is 5. The van der Waals surface area contributed by atoms with Gasteiger partial charge < -0.3 is 19.7 Å². The molecule has 0 aliphatic rings. The first-order chi connectivity index (χ1) is 14.4. The van der Waals surface area contributed by atoms with Crippen LogP contribution >= 0.6 is 11.6 Å². The Kier molecular flexibility index (Phi) is 9.15. The van der Waals surface area contributed by atoms with Crippen molar-refractivity contribution in [2.24, 2.45) is 0 Å². The average Bonchev–Trinajstić information content (AvgIpc) is 2.75. The summed E-state index contributed by atoms with van der Waals surface area (Å²) >= 11 is 5.91. The smallest absolute Gasteiger partial charge is 0.307 e. The highest BCUT2D eigenvalue weighted by atomic mass is 35.5. The number of anilines is 1. The molecule has 0 aliphatic heterocycles. The fraction of sp³-hybridized carbons (Fsp3) is 0.318. The van der Waals surface area contributed by atoms with E-state index in [2.05, 4.69) is 5.32 Å². The van der Waals surface area contributed by atoms with E-state index in [-0.39, 0.29) is 43.7 Å². The van der Waals surface area contributed by atoms with Gasteiger partial charge in [-0.3, -0.25) is 14.4 Å². The lowest BCUT2D eigenvalue weighted by Crippen LogP contribution is -2.36. The number of halogens is 1. The molecule has 0 fully saturated rings. The van der Waals surface area contributed by atoms with E-state index in [1.54, 1.807) is 62.6 Å². The molecule has 0 aromatic heterocycles. The summed E-state index contributed by atoms with van der Waals surface area (Å²) < 4.78 is 9.99. The van der Waals surface area contributed by atoms with Crippen molar-refractivity contribution < 1.29 is 23.9 Å². The van der Waals surface area contributed by atoms with Crippen LogP contribution in [0.4, 0.5) is 5.69 Å². The molecule has 0 radical (unpaired) electrons. The second kappa shape index (κ2) is 11.8. The van der Waals surface area contributed by atoms with Crippen molar-refractivity contribution >= 4 is 35.1 Å². The number of carbonyl (C=O) groups excluding carboxylic acids is 3. The van der Waals surface area contributed by atoms with Crippen LogP contribution in [0.2, 0.25) is 5.02 Å². The highest BCUT2D eigenvalue weighted by Crippen LogP contribution is 2.22. The molecule has 2 rings (SSSR count). The first-order valence-corrected chi connectivity index (χ1v) is 9.96. The number of methoxy groups -OCH3 is 1. The number of rotatable bonds is 10. The second-order valence-electron chi connectivity index (χ2n) is 6.32. The van der Waals surface area contributed by atoms with Crippen LogP contribution in [-0.2, 0) is 14.3 Å². The van der Waals surface area contributed by atoms with Gasteiger partial charge in [-0.25, -0.2) is 0 Å². The summed E-state index contributed by atoms with van der Waals surface area (Å²) in [5.41, 5.74) is 1.09. The maximum absolute atomic E-state index is 13.1. The third-order valence-electron chi connectivity index (χ3n) is 4.24. The highest BCUT2D eigenvalue weighted by Gasteiger charge is 2.19. The number of ether oxygens (including phenoxy) is 2. The molecule has 160 valence electrons. The van der Waals surface area contributed by atoms with Crippen LogP contribution in [-0.4, -0.2) is 44.6 Å². The normalized spacial score (nSPS) is 10.2. The molecule has 0 saturated carbocycles. The molecule has 2 amide bonds. The number of amides is 2. The Labute approximate surface area is 180 Å². The minimum atomic E-state index is -0.365. The van der Waals surface area contributed by atoms with Crippen molar-refractivity contribution in [3.8, 4) is 5.75 Å². The first-order valence-electron chi connectivity index (χ1n) is 9.58. The molecule has 0 spiro atoms.